The smallest absolute Gasteiger partial charge is 0.206 e. The number of rotatable bonds is 1. The van der Waals surface area contributed by atoms with Crippen LogP contribution in [0, 0.1) is 0 Å². The van der Waals surface area contributed by atoms with E-state index in [1.165, 1.54) is 0 Å². The van der Waals surface area contributed by atoms with Crippen molar-refractivity contribution in [3.63, 3.8) is 0 Å². The van der Waals surface area contributed by atoms with E-state index in [1.807, 2.05) is 20.8 Å². The molecule has 1 aromatic rings. The Morgan fingerprint density at radius 1 is 1.25 bits per heavy atom. The van der Waals surface area contributed by atoms with Gasteiger partial charge >= 0.3 is 0 Å². The average molecular weight is 226 g/mol. The Kier molecular flexibility index (Phi) is 2.04. The van der Waals surface area contributed by atoms with Crippen LogP contribution < -0.4 is 0 Å². The third-order valence-electron chi connectivity index (χ3n) is 2.90. The van der Waals surface area contributed by atoms with E-state index in [2.05, 4.69) is 20.6 Å². The fourth-order valence-corrected chi connectivity index (χ4v) is 2.30. The minimum Gasteiger partial charge on any atom is -0.361 e. The summed E-state index contributed by atoms with van der Waals surface area (Å²) in [5.41, 5.74) is 0. The quantitative estimate of drug-likeness (QED) is 0.735. The van der Waals surface area contributed by atoms with Gasteiger partial charge in [0.25, 0.3) is 0 Å². The van der Waals surface area contributed by atoms with Crippen molar-refractivity contribution in [2.75, 3.05) is 0 Å². The van der Waals surface area contributed by atoms with Gasteiger partial charge in [-0.25, -0.2) is 0 Å². The fourth-order valence-electron chi connectivity index (χ4n) is 2.30. The molecule has 0 aliphatic carbocycles. The first-order chi connectivity index (χ1) is 7.57. The molecule has 2 fully saturated rings. The summed E-state index contributed by atoms with van der Waals surface area (Å²) in [4.78, 5) is 0. The van der Waals surface area contributed by atoms with Crippen molar-refractivity contribution in [2.45, 2.75) is 51.0 Å². The molecular weight excluding hydrogens is 212 g/mol. The van der Waals surface area contributed by atoms with Crippen molar-refractivity contribution < 1.29 is 14.2 Å². The first kappa shape index (κ1) is 10.1. The zero-order valence-electron chi connectivity index (χ0n) is 9.38. The van der Waals surface area contributed by atoms with Gasteiger partial charge in [-0.05, 0) is 20.8 Å². The van der Waals surface area contributed by atoms with Crippen LogP contribution in [-0.4, -0.2) is 44.7 Å². The van der Waals surface area contributed by atoms with E-state index in [1.54, 1.807) is 0 Å². The van der Waals surface area contributed by atoms with Gasteiger partial charge in [-0.1, -0.05) is 5.21 Å². The summed E-state index contributed by atoms with van der Waals surface area (Å²) < 4.78 is 17.3. The van der Waals surface area contributed by atoms with Crippen LogP contribution in [0.3, 0.4) is 0 Å². The molecule has 2 aliphatic rings. The van der Waals surface area contributed by atoms with Crippen molar-refractivity contribution in [1.82, 2.24) is 20.6 Å². The highest BCUT2D eigenvalue weighted by Crippen LogP contribution is 2.43. The predicted octanol–water partition coefficient (Wildman–Crippen LogP) is 0.180. The number of aromatic nitrogens is 4. The lowest BCUT2D eigenvalue weighted by molar-refractivity contribution is -0.186. The molecule has 2 saturated heterocycles. The minimum atomic E-state index is -0.574. The number of aromatic amines is 1. The number of nitrogens with zero attached hydrogens (tertiary/aromatic N) is 3. The van der Waals surface area contributed by atoms with E-state index >= 15 is 0 Å². The van der Waals surface area contributed by atoms with E-state index in [4.69, 9.17) is 14.2 Å². The first-order valence-electron chi connectivity index (χ1n) is 5.31. The summed E-state index contributed by atoms with van der Waals surface area (Å²) in [6.45, 7) is 5.75. The molecule has 0 bridgehead atoms. The molecular formula is C9H14N4O3. The van der Waals surface area contributed by atoms with Crippen LogP contribution in [0.15, 0.2) is 0 Å². The number of nitrogens with one attached hydrogen (secondary N) is 1. The molecule has 0 saturated carbocycles. The second-order valence-electron chi connectivity index (χ2n) is 4.60. The Morgan fingerprint density at radius 3 is 2.69 bits per heavy atom. The van der Waals surface area contributed by atoms with E-state index < -0.39 is 5.79 Å². The van der Waals surface area contributed by atoms with Crippen LogP contribution in [0.4, 0.5) is 0 Å². The van der Waals surface area contributed by atoms with Gasteiger partial charge in [-0.3, -0.25) is 0 Å². The summed E-state index contributed by atoms with van der Waals surface area (Å²) >= 11 is 0. The summed E-state index contributed by atoms with van der Waals surface area (Å²) in [6.07, 6.45) is -0.572. The molecule has 7 nitrogen and oxygen atoms in total. The number of fused-ring (bicyclic) bond motifs is 1. The van der Waals surface area contributed by atoms with Crippen LogP contribution in [0.2, 0.25) is 0 Å². The zero-order valence-corrected chi connectivity index (χ0v) is 9.38. The van der Waals surface area contributed by atoms with Crippen LogP contribution in [0.25, 0.3) is 0 Å². The van der Waals surface area contributed by atoms with Crippen molar-refractivity contribution in [3.05, 3.63) is 5.82 Å². The van der Waals surface area contributed by atoms with Gasteiger partial charge in [0.2, 0.25) is 5.82 Å². The second kappa shape index (κ2) is 3.22. The number of hydrogen-bond donors (Lipinski definition) is 1. The fraction of sp³-hybridized carbons (Fsp3) is 0.889. The molecule has 3 rings (SSSR count). The Bertz CT molecular complexity index is 380. The molecule has 0 amide bonds. The minimum absolute atomic E-state index is 0.0322. The highest BCUT2D eigenvalue weighted by molar-refractivity contribution is 5.03. The third kappa shape index (κ3) is 1.43. The predicted molar refractivity (Wildman–Crippen MR) is 51.3 cm³/mol. The Balaban J connectivity index is 1.88. The van der Waals surface area contributed by atoms with Gasteiger partial charge in [0.05, 0.1) is 6.10 Å². The van der Waals surface area contributed by atoms with E-state index in [0.717, 1.165) is 0 Å². The monoisotopic (exact) mass is 226 g/mol. The van der Waals surface area contributed by atoms with E-state index in [0.29, 0.717) is 5.82 Å². The van der Waals surface area contributed by atoms with Crippen molar-refractivity contribution in [2.24, 2.45) is 0 Å². The number of H-pyrrole nitrogens is 1. The van der Waals surface area contributed by atoms with Gasteiger partial charge in [0.15, 0.2) is 11.9 Å². The number of ether oxygens (including phenoxy) is 3. The molecule has 88 valence electrons. The van der Waals surface area contributed by atoms with Gasteiger partial charge < -0.3 is 14.2 Å². The van der Waals surface area contributed by atoms with Crippen molar-refractivity contribution in [3.8, 4) is 0 Å². The van der Waals surface area contributed by atoms with E-state index in [9.17, 15) is 0 Å². The van der Waals surface area contributed by atoms with Crippen molar-refractivity contribution in [1.29, 1.82) is 0 Å². The SMILES string of the molecule is C[C@@H]1O[C@H](c2nn[nH]n2)[C@H]2OC(C)(C)O[C@H]21. The first-order valence-corrected chi connectivity index (χ1v) is 5.31. The molecule has 0 spiro atoms. The Labute approximate surface area is 92.5 Å². The topological polar surface area (TPSA) is 82.2 Å². The standard InChI is InChI=1S/C9H14N4O3/c1-4-5-6(16-9(2,3)15-5)7(14-4)8-10-12-13-11-8/h4-7H,1-3H3,(H,10,11,12,13)/t4-,5-,6-,7-/m0/s1. The van der Waals surface area contributed by atoms with Gasteiger partial charge in [0, 0.05) is 0 Å². The molecule has 1 aromatic heterocycles. The maximum atomic E-state index is 5.81. The summed E-state index contributed by atoms with van der Waals surface area (Å²) in [7, 11) is 0. The summed E-state index contributed by atoms with van der Waals surface area (Å²) in [5.74, 6) is -0.0596. The van der Waals surface area contributed by atoms with Crippen LogP contribution >= 0.6 is 0 Å². The molecule has 2 aliphatic heterocycles. The van der Waals surface area contributed by atoms with Gasteiger partial charge in [-0.15, -0.1) is 10.2 Å². The molecule has 1 N–H and O–H groups in total. The third-order valence-corrected chi connectivity index (χ3v) is 2.90. The lowest BCUT2D eigenvalue weighted by Crippen LogP contribution is -2.27. The Hall–Kier alpha value is -1.05. The van der Waals surface area contributed by atoms with Crippen LogP contribution in [0.1, 0.15) is 32.7 Å². The summed E-state index contributed by atoms with van der Waals surface area (Å²) in [6, 6.07) is 0. The van der Waals surface area contributed by atoms with Gasteiger partial charge in [0.1, 0.15) is 12.2 Å². The second-order valence-corrected chi connectivity index (χ2v) is 4.60. The molecule has 4 atom stereocenters. The molecule has 7 heteroatoms. The van der Waals surface area contributed by atoms with Gasteiger partial charge in [-0.2, -0.15) is 5.21 Å². The normalized spacial score (nSPS) is 41.2. The number of hydrogen-bond acceptors (Lipinski definition) is 6. The zero-order chi connectivity index (χ0) is 11.3. The largest absolute Gasteiger partial charge is 0.361 e. The molecule has 0 aromatic carbocycles. The van der Waals surface area contributed by atoms with E-state index in [-0.39, 0.29) is 24.4 Å². The summed E-state index contributed by atoms with van der Waals surface area (Å²) in [5, 5.41) is 13.8. The maximum Gasteiger partial charge on any atom is 0.206 e. The maximum absolute atomic E-state index is 5.81. The highest BCUT2D eigenvalue weighted by atomic mass is 16.8. The average Bonchev–Trinajstić information content (AvgIpc) is 2.84. The molecule has 16 heavy (non-hydrogen) atoms. The Morgan fingerprint density at radius 2 is 2.00 bits per heavy atom. The number of tetrazole rings is 1. The van der Waals surface area contributed by atoms with Crippen LogP contribution in [-0.2, 0) is 14.2 Å². The molecule has 0 unspecified atom stereocenters. The van der Waals surface area contributed by atoms with Crippen molar-refractivity contribution >= 4 is 0 Å². The molecule has 3 heterocycles. The lowest BCUT2D eigenvalue weighted by atomic mass is 10.1. The highest BCUT2D eigenvalue weighted by Gasteiger charge is 2.55. The lowest BCUT2D eigenvalue weighted by Gasteiger charge is -2.21. The molecule has 0 radical (unpaired) electrons. The van der Waals surface area contributed by atoms with Crippen LogP contribution in [0.5, 0.6) is 0 Å².